The average Bonchev–Trinajstić information content (AvgIpc) is 2.93. The van der Waals surface area contributed by atoms with E-state index in [-0.39, 0.29) is 0 Å². The van der Waals surface area contributed by atoms with E-state index in [1.807, 2.05) is 11.3 Å². The van der Waals surface area contributed by atoms with E-state index in [4.69, 9.17) is 4.98 Å². The van der Waals surface area contributed by atoms with Crippen molar-refractivity contribution in [1.29, 1.82) is 0 Å². The summed E-state index contributed by atoms with van der Waals surface area (Å²) in [5.74, 6) is 1.67. The number of hydrogen-bond acceptors (Lipinski definition) is 3. The highest BCUT2D eigenvalue weighted by Crippen LogP contribution is 2.42. The van der Waals surface area contributed by atoms with Gasteiger partial charge in [0.15, 0.2) is 0 Å². The van der Waals surface area contributed by atoms with E-state index >= 15 is 0 Å². The van der Waals surface area contributed by atoms with E-state index in [2.05, 4.69) is 19.3 Å². The molecule has 1 N–H and O–H groups in total. The molecule has 0 aliphatic heterocycles. The zero-order valence-corrected chi connectivity index (χ0v) is 11.6. The van der Waals surface area contributed by atoms with Crippen LogP contribution < -0.4 is 5.32 Å². The van der Waals surface area contributed by atoms with Crippen LogP contribution in [0.3, 0.4) is 0 Å². The van der Waals surface area contributed by atoms with Gasteiger partial charge in [0.25, 0.3) is 0 Å². The zero-order chi connectivity index (χ0) is 11.8. The molecule has 2 nitrogen and oxygen atoms in total. The maximum absolute atomic E-state index is 4.98. The van der Waals surface area contributed by atoms with Crippen molar-refractivity contribution in [1.82, 2.24) is 10.3 Å². The lowest BCUT2D eigenvalue weighted by atomic mass is 9.98. The summed E-state index contributed by atoms with van der Waals surface area (Å²) < 4.78 is 0. The second-order valence-corrected chi connectivity index (χ2v) is 6.82. The lowest BCUT2D eigenvalue weighted by Crippen LogP contribution is -2.21. The first kappa shape index (κ1) is 11.7. The molecule has 1 fully saturated rings. The molecule has 2 aliphatic carbocycles. The Balaban J connectivity index is 1.85. The molecule has 0 spiro atoms. The third-order valence-electron chi connectivity index (χ3n) is 4.36. The Kier molecular flexibility index (Phi) is 3.22. The normalized spacial score (nSPS) is 32.7. The highest BCUT2D eigenvalue weighted by molar-refractivity contribution is 7.11. The molecule has 1 saturated carbocycles. The molecule has 94 valence electrons. The van der Waals surface area contributed by atoms with Gasteiger partial charge in [-0.25, -0.2) is 4.98 Å². The Hall–Kier alpha value is -0.410. The van der Waals surface area contributed by atoms with E-state index in [0.29, 0.717) is 6.04 Å². The van der Waals surface area contributed by atoms with Gasteiger partial charge in [0.2, 0.25) is 0 Å². The van der Waals surface area contributed by atoms with E-state index in [1.165, 1.54) is 49.2 Å². The minimum atomic E-state index is 0.516. The minimum Gasteiger partial charge on any atom is -0.312 e. The fourth-order valence-corrected chi connectivity index (χ4v) is 4.64. The predicted molar refractivity (Wildman–Crippen MR) is 72.6 cm³/mol. The minimum absolute atomic E-state index is 0.516. The van der Waals surface area contributed by atoms with Crippen molar-refractivity contribution in [2.75, 3.05) is 7.05 Å². The molecule has 2 aliphatic rings. The summed E-state index contributed by atoms with van der Waals surface area (Å²) in [5, 5.41) is 4.85. The summed E-state index contributed by atoms with van der Waals surface area (Å²) in [5.41, 5.74) is 1.37. The number of fused-ring (bicyclic) bond motifs is 1. The molecular formula is C14H22N2S. The van der Waals surface area contributed by atoms with Gasteiger partial charge in [0.05, 0.1) is 16.7 Å². The number of thiazole rings is 1. The molecule has 1 aromatic rings. The molecule has 3 unspecified atom stereocenters. The Labute approximate surface area is 108 Å². The average molecular weight is 250 g/mol. The van der Waals surface area contributed by atoms with Gasteiger partial charge in [0.1, 0.15) is 0 Å². The number of nitrogens with one attached hydrogen (secondary N) is 1. The lowest BCUT2D eigenvalue weighted by molar-refractivity contribution is 0.487. The summed E-state index contributed by atoms with van der Waals surface area (Å²) in [6, 6.07) is 0.516. The summed E-state index contributed by atoms with van der Waals surface area (Å²) in [4.78, 5) is 6.54. The van der Waals surface area contributed by atoms with Gasteiger partial charge in [0, 0.05) is 10.8 Å². The third kappa shape index (κ3) is 2.15. The van der Waals surface area contributed by atoms with Crippen LogP contribution in [-0.2, 0) is 6.42 Å². The standard InChI is InChI=1S/C14H22N2S/c1-9-6-7-10(8-9)14-16-13-11(15-2)4-3-5-12(13)17-14/h9-11,15H,3-8H2,1-2H3. The van der Waals surface area contributed by atoms with E-state index in [0.717, 1.165) is 11.8 Å². The van der Waals surface area contributed by atoms with Crippen LogP contribution in [0.1, 0.15) is 66.6 Å². The van der Waals surface area contributed by atoms with Crippen molar-refractivity contribution in [2.45, 2.75) is 57.4 Å². The number of aromatic nitrogens is 1. The van der Waals surface area contributed by atoms with Crippen molar-refractivity contribution < 1.29 is 0 Å². The molecule has 0 saturated heterocycles. The maximum Gasteiger partial charge on any atom is 0.0962 e. The second kappa shape index (κ2) is 4.69. The first-order valence-corrected chi connectivity index (χ1v) is 7.76. The molecule has 3 atom stereocenters. The summed E-state index contributed by atoms with van der Waals surface area (Å²) in [6.45, 7) is 2.38. The number of nitrogens with zero attached hydrogens (tertiary/aromatic N) is 1. The number of aryl methyl sites for hydroxylation is 1. The third-order valence-corrected chi connectivity index (χ3v) is 5.66. The monoisotopic (exact) mass is 250 g/mol. The predicted octanol–water partition coefficient (Wildman–Crippen LogP) is 3.64. The Morgan fingerprint density at radius 2 is 2.18 bits per heavy atom. The van der Waals surface area contributed by atoms with Crippen LogP contribution in [0.4, 0.5) is 0 Å². The first-order valence-electron chi connectivity index (χ1n) is 6.94. The van der Waals surface area contributed by atoms with Crippen LogP contribution in [-0.4, -0.2) is 12.0 Å². The molecule has 0 radical (unpaired) electrons. The summed E-state index contributed by atoms with van der Waals surface area (Å²) in [7, 11) is 2.07. The second-order valence-electron chi connectivity index (χ2n) is 5.71. The van der Waals surface area contributed by atoms with Crippen LogP contribution in [0.15, 0.2) is 0 Å². The van der Waals surface area contributed by atoms with Crippen molar-refractivity contribution in [3.63, 3.8) is 0 Å². The zero-order valence-electron chi connectivity index (χ0n) is 10.8. The summed E-state index contributed by atoms with van der Waals surface area (Å²) in [6.07, 6.45) is 7.95. The maximum atomic E-state index is 4.98. The largest absolute Gasteiger partial charge is 0.312 e. The van der Waals surface area contributed by atoms with Gasteiger partial charge in [-0.15, -0.1) is 11.3 Å². The molecule has 0 amide bonds. The fourth-order valence-electron chi connectivity index (χ4n) is 3.32. The molecular weight excluding hydrogens is 228 g/mol. The van der Waals surface area contributed by atoms with Crippen LogP contribution in [0.5, 0.6) is 0 Å². The molecule has 17 heavy (non-hydrogen) atoms. The van der Waals surface area contributed by atoms with E-state index < -0.39 is 0 Å². The van der Waals surface area contributed by atoms with Gasteiger partial charge < -0.3 is 5.32 Å². The topological polar surface area (TPSA) is 24.9 Å². The van der Waals surface area contributed by atoms with Crippen molar-refractivity contribution in [3.8, 4) is 0 Å². The summed E-state index contributed by atoms with van der Waals surface area (Å²) >= 11 is 2.00. The fraction of sp³-hybridized carbons (Fsp3) is 0.786. The van der Waals surface area contributed by atoms with Gasteiger partial charge in [-0.05, 0) is 45.1 Å². The molecule has 1 heterocycles. The Morgan fingerprint density at radius 1 is 1.29 bits per heavy atom. The lowest BCUT2D eigenvalue weighted by Gasteiger charge is -2.19. The van der Waals surface area contributed by atoms with E-state index in [1.54, 1.807) is 4.88 Å². The highest BCUT2D eigenvalue weighted by atomic mass is 32.1. The van der Waals surface area contributed by atoms with Gasteiger partial charge in [-0.2, -0.15) is 0 Å². The molecule has 3 rings (SSSR count). The van der Waals surface area contributed by atoms with Crippen LogP contribution in [0, 0.1) is 5.92 Å². The van der Waals surface area contributed by atoms with Crippen LogP contribution >= 0.6 is 11.3 Å². The van der Waals surface area contributed by atoms with Gasteiger partial charge >= 0.3 is 0 Å². The first-order chi connectivity index (χ1) is 8.28. The molecule has 3 heteroatoms. The van der Waals surface area contributed by atoms with Crippen molar-refractivity contribution >= 4 is 11.3 Å². The van der Waals surface area contributed by atoms with Gasteiger partial charge in [-0.3, -0.25) is 0 Å². The molecule has 0 bridgehead atoms. The van der Waals surface area contributed by atoms with Gasteiger partial charge in [-0.1, -0.05) is 13.3 Å². The van der Waals surface area contributed by atoms with Crippen molar-refractivity contribution in [2.24, 2.45) is 5.92 Å². The molecule has 1 aromatic heterocycles. The van der Waals surface area contributed by atoms with Crippen LogP contribution in [0.2, 0.25) is 0 Å². The Morgan fingerprint density at radius 3 is 2.88 bits per heavy atom. The highest BCUT2D eigenvalue weighted by Gasteiger charge is 2.29. The Bertz CT molecular complexity index is 399. The number of hydrogen-bond donors (Lipinski definition) is 1. The quantitative estimate of drug-likeness (QED) is 0.866. The van der Waals surface area contributed by atoms with Crippen LogP contribution in [0.25, 0.3) is 0 Å². The molecule has 0 aromatic carbocycles. The SMILES string of the molecule is CNC1CCCc2sc(C3CCC(C)C3)nc21. The number of rotatable bonds is 2. The van der Waals surface area contributed by atoms with E-state index in [9.17, 15) is 0 Å². The smallest absolute Gasteiger partial charge is 0.0962 e. The van der Waals surface area contributed by atoms with Crippen molar-refractivity contribution in [3.05, 3.63) is 15.6 Å².